The predicted octanol–water partition coefficient (Wildman–Crippen LogP) is 4.24. The number of hydrogen-bond donors (Lipinski definition) is 0. The summed E-state index contributed by atoms with van der Waals surface area (Å²) in [6.45, 7) is 2.00. The molecular formula is C22H17NO5. The van der Waals surface area contributed by atoms with E-state index in [1.807, 2.05) is 18.2 Å². The van der Waals surface area contributed by atoms with E-state index in [4.69, 9.17) is 13.9 Å². The lowest BCUT2D eigenvalue weighted by Crippen LogP contribution is -2.11. The number of aromatic nitrogens is 1. The number of fused-ring (bicyclic) bond motifs is 2. The second-order valence-corrected chi connectivity index (χ2v) is 6.11. The Morgan fingerprint density at radius 3 is 2.57 bits per heavy atom. The van der Waals surface area contributed by atoms with Crippen molar-refractivity contribution in [1.29, 1.82) is 0 Å². The van der Waals surface area contributed by atoms with Crippen LogP contribution in [0, 0.1) is 0 Å². The van der Waals surface area contributed by atoms with Crippen molar-refractivity contribution in [2.24, 2.45) is 0 Å². The zero-order valence-corrected chi connectivity index (χ0v) is 15.2. The second kappa shape index (κ2) is 7.52. The molecule has 0 saturated carbocycles. The van der Waals surface area contributed by atoms with E-state index in [-0.39, 0.29) is 29.6 Å². The van der Waals surface area contributed by atoms with E-state index in [1.54, 1.807) is 49.4 Å². The van der Waals surface area contributed by atoms with Gasteiger partial charge in [-0.1, -0.05) is 30.3 Å². The normalized spacial score (nSPS) is 10.9. The van der Waals surface area contributed by atoms with Crippen LogP contribution in [-0.2, 0) is 16.0 Å². The van der Waals surface area contributed by atoms with Gasteiger partial charge in [0.25, 0.3) is 0 Å². The second-order valence-electron chi connectivity index (χ2n) is 6.11. The first-order valence-corrected chi connectivity index (χ1v) is 8.89. The molecule has 0 fully saturated rings. The zero-order chi connectivity index (χ0) is 19.5. The van der Waals surface area contributed by atoms with Crippen LogP contribution in [-0.4, -0.2) is 17.6 Å². The molecule has 6 heteroatoms. The maximum absolute atomic E-state index is 12.9. The van der Waals surface area contributed by atoms with Crippen LogP contribution in [0.4, 0.5) is 0 Å². The van der Waals surface area contributed by atoms with E-state index in [1.165, 1.54) is 0 Å². The fourth-order valence-electron chi connectivity index (χ4n) is 2.93. The summed E-state index contributed by atoms with van der Waals surface area (Å²) < 4.78 is 16.7. The molecule has 4 rings (SSSR count). The number of rotatable bonds is 5. The van der Waals surface area contributed by atoms with Gasteiger partial charge in [0.1, 0.15) is 11.3 Å². The van der Waals surface area contributed by atoms with Crippen molar-refractivity contribution in [2.45, 2.75) is 13.3 Å². The Balaban J connectivity index is 1.89. The summed E-state index contributed by atoms with van der Waals surface area (Å²) in [6.07, 6.45) is -0.0948. The molecule has 0 aliphatic carbocycles. The first-order chi connectivity index (χ1) is 13.7. The van der Waals surface area contributed by atoms with Gasteiger partial charge < -0.3 is 13.9 Å². The number of ether oxygens (including phenoxy) is 2. The lowest BCUT2D eigenvalue weighted by Gasteiger charge is -2.11. The smallest absolute Gasteiger partial charge is 0.312 e. The fourth-order valence-corrected chi connectivity index (χ4v) is 2.93. The summed E-state index contributed by atoms with van der Waals surface area (Å²) in [5, 5.41) is 0.748. The number of carbonyl (C=O) groups excluding carboxylic acids is 1. The third kappa shape index (κ3) is 3.44. The topological polar surface area (TPSA) is 78.6 Å². The Morgan fingerprint density at radius 1 is 1.04 bits per heavy atom. The lowest BCUT2D eigenvalue weighted by molar-refractivity contribution is -0.142. The number of carbonyl (C=O) groups is 1. The number of hydrogen-bond acceptors (Lipinski definition) is 6. The van der Waals surface area contributed by atoms with Gasteiger partial charge in [0, 0.05) is 0 Å². The molecular weight excluding hydrogens is 358 g/mol. The van der Waals surface area contributed by atoms with Crippen molar-refractivity contribution in [3.8, 4) is 11.5 Å². The molecule has 0 N–H and O–H groups in total. The van der Waals surface area contributed by atoms with Crippen molar-refractivity contribution in [3.63, 3.8) is 0 Å². The number of pyridine rings is 1. The monoisotopic (exact) mass is 375 g/mol. The number of para-hydroxylation sites is 2. The third-order valence-corrected chi connectivity index (χ3v) is 4.20. The molecule has 2 heterocycles. The molecule has 0 aliphatic rings. The third-order valence-electron chi connectivity index (χ3n) is 4.20. The van der Waals surface area contributed by atoms with Crippen LogP contribution in [0.3, 0.4) is 0 Å². The van der Waals surface area contributed by atoms with Gasteiger partial charge in [-0.15, -0.1) is 0 Å². The average molecular weight is 375 g/mol. The number of esters is 1. The quantitative estimate of drug-likeness (QED) is 0.383. The van der Waals surface area contributed by atoms with Gasteiger partial charge in [-0.25, -0.2) is 4.98 Å². The fraction of sp³-hybridized carbons (Fsp3) is 0.136. The highest BCUT2D eigenvalue weighted by Crippen LogP contribution is 2.29. The van der Waals surface area contributed by atoms with Crippen molar-refractivity contribution >= 4 is 28.0 Å². The standard InChI is InChI=1S/C22H17NO5/c1-2-26-20(24)13-17-19(27-14-8-4-3-5-9-14)12-16-21(25)15-10-6-7-11-18(15)28-22(16)23-17/h3-12H,2,13H2,1H3. The van der Waals surface area contributed by atoms with Crippen LogP contribution in [0.5, 0.6) is 11.5 Å². The van der Waals surface area contributed by atoms with Crippen molar-refractivity contribution < 1.29 is 18.7 Å². The predicted molar refractivity (Wildman–Crippen MR) is 105 cm³/mol. The zero-order valence-electron chi connectivity index (χ0n) is 15.2. The molecule has 0 spiro atoms. The van der Waals surface area contributed by atoms with E-state index in [9.17, 15) is 9.59 Å². The lowest BCUT2D eigenvalue weighted by atomic mass is 10.1. The van der Waals surface area contributed by atoms with Crippen LogP contribution >= 0.6 is 0 Å². The summed E-state index contributed by atoms with van der Waals surface area (Å²) in [5.74, 6) is 0.448. The molecule has 0 amide bonds. The average Bonchev–Trinajstić information content (AvgIpc) is 2.70. The van der Waals surface area contributed by atoms with Crippen LogP contribution in [0.15, 0.2) is 69.9 Å². The number of nitrogens with zero attached hydrogens (tertiary/aromatic N) is 1. The molecule has 0 atom stereocenters. The van der Waals surface area contributed by atoms with E-state index < -0.39 is 5.97 Å². The van der Waals surface area contributed by atoms with Gasteiger partial charge in [-0.2, -0.15) is 0 Å². The van der Waals surface area contributed by atoms with Gasteiger partial charge in [-0.05, 0) is 37.3 Å². The van der Waals surface area contributed by atoms with Crippen molar-refractivity contribution in [3.05, 3.63) is 76.6 Å². The highest BCUT2D eigenvalue weighted by Gasteiger charge is 2.18. The van der Waals surface area contributed by atoms with Crippen LogP contribution in [0.2, 0.25) is 0 Å². The molecule has 0 radical (unpaired) electrons. The minimum absolute atomic E-state index is 0.0948. The minimum Gasteiger partial charge on any atom is -0.466 e. The maximum atomic E-state index is 12.9. The van der Waals surface area contributed by atoms with Crippen molar-refractivity contribution in [1.82, 2.24) is 4.98 Å². The molecule has 6 nitrogen and oxygen atoms in total. The minimum atomic E-state index is -0.435. The van der Waals surface area contributed by atoms with Gasteiger partial charge in [0.05, 0.1) is 29.5 Å². The van der Waals surface area contributed by atoms with E-state index in [2.05, 4.69) is 4.98 Å². The SMILES string of the molecule is CCOC(=O)Cc1nc2oc3ccccc3c(=O)c2cc1Oc1ccccc1. The van der Waals surface area contributed by atoms with E-state index >= 15 is 0 Å². The molecule has 140 valence electrons. The molecule has 28 heavy (non-hydrogen) atoms. The molecule has 0 unspecified atom stereocenters. The Morgan fingerprint density at radius 2 is 1.79 bits per heavy atom. The molecule has 2 aromatic carbocycles. The first-order valence-electron chi connectivity index (χ1n) is 8.89. The van der Waals surface area contributed by atoms with Crippen LogP contribution in [0.1, 0.15) is 12.6 Å². The Bertz CT molecular complexity index is 1210. The molecule has 2 aromatic heterocycles. The summed E-state index contributed by atoms with van der Waals surface area (Å²) in [4.78, 5) is 29.3. The summed E-state index contributed by atoms with van der Waals surface area (Å²) in [5.41, 5.74) is 0.730. The van der Waals surface area contributed by atoms with Gasteiger partial charge in [0.2, 0.25) is 11.1 Å². The summed E-state index contributed by atoms with van der Waals surface area (Å²) >= 11 is 0. The Kier molecular flexibility index (Phi) is 4.76. The molecule has 0 saturated heterocycles. The molecule has 0 aliphatic heterocycles. The van der Waals surface area contributed by atoms with E-state index in [0.29, 0.717) is 28.2 Å². The van der Waals surface area contributed by atoms with Crippen LogP contribution < -0.4 is 10.2 Å². The molecule has 0 bridgehead atoms. The number of benzene rings is 2. The van der Waals surface area contributed by atoms with Gasteiger partial charge in [0.15, 0.2) is 5.75 Å². The van der Waals surface area contributed by atoms with Crippen molar-refractivity contribution in [2.75, 3.05) is 6.61 Å². The maximum Gasteiger partial charge on any atom is 0.312 e. The van der Waals surface area contributed by atoms with Crippen LogP contribution in [0.25, 0.3) is 22.1 Å². The Hall–Kier alpha value is -3.67. The van der Waals surface area contributed by atoms with E-state index in [0.717, 1.165) is 0 Å². The van der Waals surface area contributed by atoms with Gasteiger partial charge in [-0.3, -0.25) is 9.59 Å². The largest absolute Gasteiger partial charge is 0.466 e. The highest BCUT2D eigenvalue weighted by molar-refractivity contribution is 5.89. The highest BCUT2D eigenvalue weighted by atomic mass is 16.5. The summed E-state index contributed by atoms with van der Waals surface area (Å²) in [6, 6.07) is 17.6. The van der Waals surface area contributed by atoms with Gasteiger partial charge >= 0.3 is 5.97 Å². The summed E-state index contributed by atoms with van der Waals surface area (Å²) in [7, 11) is 0. The molecule has 4 aromatic rings. The Labute approximate surface area is 160 Å². The first kappa shape index (κ1) is 17.7.